The lowest BCUT2D eigenvalue weighted by atomic mass is 10.1. The molecule has 8 nitrogen and oxygen atoms in total. The second kappa shape index (κ2) is 12.4. The van der Waals surface area contributed by atoms with Crippen molar-refractivity contribution in [2.75, 3.05) is 24.7 Å². The maximum atomic E-state index is 13.0. The second-order valence-corrected chi connectivity index (χ2v) is 9.28. The number of hydrogen-bond acceptors (Lipinski definition) is 7. The van der Waals surface area contributed by atoms with E-state index in [0.717, 1.165) is 34.5 Å². The van der Waals surface area contributed by atoms with Gasteiger partial charge in [0.25, 0.3) is 5.22 Å². The summed E-state index contributed by atoms with van der Waals surface area (Å²) in [5, 5.41) is 11.4. The Morgan fingerprint density at radius 3 is 2.57 bits per heavy atom. The first-order valence-electron chi connectivity index (χ1n) is 11.5. The quantitative estimate of drug-likeness (QED) is 0.386. The van der Waals surface area contributed by atoms with Gasteiger partial charge in [0.1, 0.15) is 12.3 Å². The Kier molecular flexibility index (Phi) is 9.31. The molecule has 0 aliphatic rings. The molecule has 0 aliphatic carbocycles. The predicted octanol–water partition coefficient (Wildman–Crippen LogP) is 4.64. The molecule has 0 bridgehead atoms. The van der Waals surface area contributed by atoms with Gasteiger partial charge in [-0.2, -0.15) is 0 Å². The molecule has 0 aliphatic heterocycles. The third-order valence-corrected chi connectivity index (χ3v) is 6.72. The van der Waals surface area contributed by atoms with E-state index in [1.807, 2.05) is 70.2 Å². The van der Waals surface area contributed by atoms with E-state index in [9.17, 15) is 9.59 Å². The van der Waals surface area contributed by atoms with Gasteiger partial charge in [-0.1, -0.05) is 43.0 Å². The molecule has 2 amide bonds. The molecule has 9 heteroatoms. The number of aryl methyl sites for hydroxylation is 1. The summed E-state index contributed by atoms with van der Waals surface area (Å²) in [6.07, 6.45) is 1.22. The van der Waals surface area contributed by atoms with Crippen LogP contribution >= 0.6 is 11.8 Å². The van der Waals surface area contributed by atoms with E-state index < -0.39 is 0 Å². The summed E-state index contributed by atoms with van der Waals surface area (Å²) in [4.78, 5) is 27.3. The van der Waals surface area contributed by atoms with Gasteiger partial charge in [0.15, 0.2) is 0 Å². The number of amides is 2. The Morgan fingerprint density at radius 2 is 1.89 bits per heavy atom. The van der Waals surface area contributed by atoms with Crippen molar-refractivity contribution < 1.29 is 18.7 Å². The monoisotopic (exact) mass is 496 g/mol. The van der Waals surface area contributed by atoms with E-state index in [0.29, 0.717) is 17.5 Å². The highest BCUT2D eigenvalue weighted by Crippen LogP contribution is 2.21. The maximum Gasteiger partial charge on any atom is 0.277 e. The van der Waals surface area contributed by atoms with Crippen LogP contribution in [0.5, 0.6) is 5.75 Å². The van der Waals surface area contributed by atoms with Crippen LogP contribution < -0.4 is 10.1 Å². The van der Waals surface area contributed by atoms with Crippen molar-refractivity contribution >= 4 is 29.3 Å². The molecule has 1 aromatic heterocycles. The summed E-state index contributed by atoms with van der Waals surface area (Å²) >= 11 is 1.17. The van der Waals surface area contributed by atoms with Crippen molar-refractivity contribution in [3.63, 3.8) is 0 Å². The number of carbonyl (C=O) groups is 2. The first kappa shape index (κ1) is 26.3. The Labute approximate surface area is 210 Å². The van der Waals surface area contributed by atoms with Crippen LogP contribution in [0, 0.1) is 13.8 Å². The van der Waals surface area contributed by atoms with E-state index in [2.05, 4.69) is 15.5 Å². The van der Waals surface area contributed by atoms with Gasteiger partial charge in [-0.25, -0.2) is 0 Å². The van der Waals surface area contributed by atoms with Crippen molar-refractivity contribution in [1.29, 1.82) is 0 Å². The molecule has 3 aromatic rings. The van der Waals surface area contributed by atoms with Crippen molar-refractivity contribution in [2.45, 2.75) is 51.8 Å². The predicted molar refractivity (Wildman–Crippen MR) is 137 cm³/mol. The number of benzene rings is 2. The Bertz CT molecular complexity index is 1150. The lowest BCUT2D eigenvalue weighted by Crippen LogP contribution is -2.44. The van der Waals surface area contributed by atoms with E-state index in [-0.39, 0.29) is 30.2 Å². The van der Waals surface area contributed by atoms with Crippen LogP contribution in [0.25, 0.3) is 0 Å². The number of ether oxygens (including phenoxy) is 1. The third-order valence-electron chi connectivity index (χ3n) is 5.92. The lowest BCUT2D eigenvalue weighted by Gasteiger charge is -2.28. The highest BCUT2D eigenvalue weighted by atomic mass is 32.2. The summed E-state index contributed by atoms with van der Waals surface area (Å²) < 4.78 is 10.9. The van der Waals surface area contributed by atoms with Crippen molar-refractivity contribution in [1.82, 2.24) is 15.1 Å². The van der Waals surface area contributed by atoms with Gasteiger partial charge >= 0.3 is 0 Å². The van der Waals surface area contributed by atoms with Crippen molar-refractivity contribution in [3.05, 3.63) is 65.0 Å². The number of rotatable bonds is 11. The summed E-state index contributed by atoms with van der Waals surface area (Å²) in [5.74, 6) is 0.970. The third kappa shape index (κ3) is 7.32. The van der Waals surface area contributed by atoms with Gasteiger partial charge in [0.2, 0.25) is 17.7 Å². The van der Waals surface area contributed by atoms with Crippen LogP contribution in [-0.2, 0) is 16.0 Å². The fourth-order valence-corrected chi connectivity index (χ4v) is 4.10. The second-order valence-electron chi connectivity index (χ2n) is 8.35. The standard InChI is InChI=1S/C26H32N4O4S/c1-6-18(3)30(15-23(31)27-22-9-7-8-17(2)19(22)4)25(32)16-35-26-29-28-24(34-26)14-20-10-12-21(33-5)13-11-20/h7-13,18H,6,14-16H2,1-5H3,(H,27,31). The highest BCUT2D eigenvalue weighted by molar-refractivity contribution is 7.99. The maximum absolute atomic E-state index is 13.0. The molecule has 35 heavy (non-hydrogen) atoms. The minimum atomic E-state index is -0.225. The fourth-order valence-electron chi connectivity index (χ4n) is 3.43. The van der Waals surface area contributed by atoms with Gasteiger partial charge in [0.05, 0.1) is 19.3 Å². The zero-order chi connectivity index (χ0) is 25.4. The molecule has 1 atom stereocenters. The van der Waals surface area contributed by atoms with E-state index in [1.54, 1.807) is 12.0 Å². The molecule has 2 aromatic carbocycles. The molecular formula is C26H32N4O4S. The van der Waals surface area contributed by atoms with E-state index >= 15 is 0 Å². The molecule has 186 valence electrons. The zero-order valence-corrected chi connectivity index (χ0v) is 21.6. The molecule has 0 spiro atoms. The van der Waals surface area contributed by atoms with E-state index in [1.165, 1.54) is 11.8 Å². The number of nitrogens with one attached hydrogen (secondary N) is 1. The van der Waals surface area contributed by atoms with Crippen molar-refractivity contribution in [2.24, 2.45) is 0 Å². The van der Waals surface area contributed by atoms with Crippen LogP contribution in [-0.4, -0.2) is 52.4 Å². The van der Waals surface area contributed by atoms with Gasteiger partial charge in [-0.05, 0) is 62.1 Å². The number of anilines is 1. The van der Waals surface area contributed by atoms with E-state index in [4.69, 9.17) is 9.15 Å². The smallest absolute Gasteiger partial charge is 0.277 e. The van der Waals surface area contributed by atoms with Gasteiger partial charge in [-0.15, -0.1) is 10.2 Å². The summed E-state index contributed by atoms with van der Waals surface area (Å²) in [7, 11) is 1.62. The Hall–Kier alpha value is -3.33. The summed E-state index contributed by atoms with van der Waals surface area (Å²) in [5.41, 5.74) is 3.88. The van der Waals surface area contributed by atoms with Crippen LogP contribution in [0.1, 0.15) is 42.8 Å². The number of carbonyl (C=O) groups excluding carboxylic acids is 2. The topological polar surface area (TPSA) is 97.6 Å². The fraction of sp³-hybridized carbons (Fsp3) is 0.385. The number of methoxy groups -OCH3 is 1. The highest BCUT2D eigenvalue weighted by Gasteiger charge is 2.23. The molecule has 1 unspecified atom stereocenters. The summed E-state index contributed by atoms with van der Waals surface area (Å²) in [6, 6.07) is 13.3. The molecule has 0 radical (unpaired) electrons. The van der Waals surface area contributed by atoms with Crippen LogP contribution in [0.2, 0.25) is 0 Å². The Balaban J connectivity index is 1.57. The molecule has 1 N–H and O–H groups in total. The first-order chi connectivity index (χ1) is 16.8. The molecule has 3 rings (SSSR count). The Morgan fingerprint density at radius 1 is 1.14 bits per heavy atom. The van der Waals surface area contributed by atoms with Crippen LogP contribution in [0.4, 0.5) is 5.69 Å². The molecule has 1 heterocycles. The largest absolute Gasteiger partial charge is 0.497 e. The molecular weight excluding hydrogens is 464 g/mol. The van der Waals surface area contributed by atoms with Crippen LogP contribution in [0.15, 0.2) is 52.1 Å². The number of hydrogen-bond donors (Lipinski definition) is 1. The minimum Gasteiger partial charge on any atom is -0.497 e. The number of nitrogens with zero attached hydrogens (tertiary/aromatic N) is 3. The summed E-state index contributed by atoms with van der Waals surface area (Å²) in [6.45, 7) is 7.87. The van der Waals surface area contributed by atoms with Crippen molar-refractivity contribution in [3.8, 4) is 5.75 Å². The number of aromatic nitrogens is 2. The average Bonchev–Trinajstić information content (AvgIpc) is 3.31. The first-order valence-corrected chi connectivity index (χ1v) is 12.5. The molecule has 0 saturated heterocycles. The van der Waals surface area contributed by atoms with Crippen LogP contribution in [0.3, 0.4) is 0 Å². The SMILES string of the molecule is CCC(C)N(CC(=O)Nc1cccc(C)c1C)C(=O)CSc1nnc(Cc2ccc(OC)cc2)o1. The number of thioether (sulfide) groups is 1. The van der Waals surface area contributed by atoms with Gasteiger partial charge in [0, 0.05) is 11.7 Å². The lowest BCUT2D eigenvalue weighted by molar-refractivity contribution is -0.134. The van der Waals surface area contributed by atoms with Gasteiger partial charge < -0.3 is 19.4 Å². The molecule has 0 fully saturated rings. The average molecular weight is 497 g/mol. The minimum absolute atomic E-state index is 0.0195. The molecule has 0 saturated carbocycles. The normalized spacial score (nSPS) is 11.7. The van der Waals surface area contributed by atoms with Gasteiger partial charge in [-0.3, -0.25) is 9.59 Å². The zero-order valence-electron chi connectivity index (χ0n) is 20.8.